The Morgan fingerprint density at radius 3 is 2.48 bits per heavy atom. The summed E-state index contributed by atoms with van der Waals surface area (Å²) in [6, 6.07) is 17.1. The Hall–Kier alpha value is -3.65. The standard InChI is InChI=1S/C23H19N3O4S/c1-30-17-10-8-16(9-11-17)26-20-12-7-15-13-21(23(27)25-22(15)19(20)14-24-26)31(28,29)18-5-3-2-4-6-18/h2-6,8-11,13-14H,7,12H2,1H3,(H,25,27). The molecule has 0 bridgehead atoms. The molecule has 0 spiro atoms. The van der Waals surface area contributed by atoms with Gasteiger partial charge in [-0.15, -0.1) is 0 Å². The molecule has 31 heavy (non-hydrogen) atoms. The molecule has 0 fully saturated rings. The quantitative estimate of drug-likeness (QED) is 0.534. The van der Waals surface area contributed by atoms with Gasteiger partial charge in [0.1, 0.15) is 10.6 Å². The average molecular weight is 433 g/mol. The van der Waals surface area contributed by atoms with E-state index in [0.717, 1.165) is 28.3 Å². The minimum atomic E-state index is -3.90. The summed E-state index contributed by atoms with van der Waals surface area (Å²) < 4.78 is 33.0. The van der Waals surface area contributed by atoms with E-state index in [9.17, 15) is 13.2 Å². The molecule has 5 rings (SSSR count). The minimum absolute atomic E-state index is 0.101. The lowest BCUT2D eigenvalue weighted by molar-refractivity contribution is 0.414. The molecular formula is C23H19N3O4S. The molecule has 2 heterocycles. The third kappa shape index (κ3) is 3.16. The molecule has 2 aromatic heterocycles. The number of aromatic amines is 1. The number of methoxy groups -OCH3 is 1. The monoisotopic (exact) mass is 433 g/mol. The molecular weight excluding hydrogens is 414 g/mol. The first-order chi connectivity index (χ1) is 15.0. The third-order valence-electron chi connectivity index (χ3n) is 5.52. The molecule has 7 nitrogen and oxygen atoms in total. The number of H-pyrrole nitrogens is 1. The summed E-state index contributed by atoms with van der Waals surface area (Å²) in [6.45, 7) is 0. The number of nitrogens with zero attached hydrogens (tertiary/aromatic N) is 2. The summed E-state index contributed by atoms with van der Waals surface area (Å²) in [4.78, 5) is 15.5. The highest BCUT2D eigenvalue weighted by atomic mass is 32.2. The topological polar surface area (TPSA) is 94.1 Å². The Balaban J connectivity index is 1.59. The second-order valence-electron chi connectivity index (χ2n) is 7.29. The van der Waals surface area contributed by atoms with Crippen LogP contribution < -0.4 is 10.3 Å². The molecule has 2 aromatic carbocycles. The van der Waals surface area contributed by atoms with E-state index in [-0.39, 0.29) is 9.79 Å². The summed E-state index contributed by atoms with van der Waals surface area (Å²) in [5, 5.41) is 4.51. The number of aryl methyl sites for hydroxylation is 1. The van der Waals surface area contributed by atoms with Crippen molar-refractivity contribution in [3.63, 3.8) is 0 Å². The van der Waals surface area contributed by atoms with E-state index >= 15 is 0 Å². The van der Waals surface area contributed by atoms with Crippen LogP contribution in [0.1, 0.15) is 11.3 Å². The SMILES string of the molecule is COc1ccc(-n2ncc3c2CCc2cc(S(=O)(=O)c4ccccc4)c(=O)[nH]c2-3)cc1. The van der Waals surface area contributed by atoms with Gasteiger partial charge in [-0.3, -0.25) is 4.79 Å². The normalized spacial score (nSPS) is 12.8. The number of sulfone groups is 1. The van der Waals surface area contributed by atoms with Crippen molar-refractivity contribution >= 4 is 9.84 Å². The molecule has 0 aliphatic heterocycles. The van der Waals surface area contributed by atoms with E-state index in [1.165, 1.54) is 18.2 Å². The third-order valence-corrected chi connectivity index (χ3v) is 7.29. The summed E-state index contributed by atoms with van der Waals surface area (Å²) in [6.07, 6.45) is 2.97. The van der Waals surface area contributed by atoms with Crippen LogP contribution in [0.15, 0.2) is 81.4 Å². The second kappa shape index (κ2) is 7.24. The number of ether oxygens (including phenoxy) is 1. The van der Waals surface area contributed by atoms with Gasteiger partial charge in [0.2, 0.25) is 9.84 Å². The van der Waals surface area contributed by atoms with E-state index in [4.69, 9.17) is 4.74 Å². The van der Waals surface area contributed by atoms with Gasteiger partial charge in [-0.1, -0.05) is 18.2 Å². The highest BCUT2D eigenvalue weighted by Gasteiger charge is 2.27. The second-order valence-corrected chi connectivity index (χ2v) is 9.21. The van der Waals surface area contributed by atoms with Gasteiger partial charge >= 0.3 is 0 Å². The van der Waals surface area contributed by atoms with Crippen LogP contribution in [0.4, 0.5) is 0 Å². The van der Waals surface area contributed by atoms with Crippen LogP contribution in [0, 0.1) is 0 Å². The van der Waals surface area contributed by atoms with Crippen LogP contribution >= 0.6 is 0 Å². The minimum Gasteiger partial charge on any atom is -0.497 e. The zero-order valence-corrected chi connectivity index (χ0v) is 17.5. The Morgan fingerprint density at radius 1 is 1.03 bits per heavy atom. The van der Waals surface area contributed by atoms with E-state index in [2.05, 4.69) is 10.1 Å². The van der Waals surface area contributed by atoms with Crippen molar-refractivity contribution in [1.82, 2.24) is 14.8 Å². The number of rotatable bonds is 4. The van der Waals surface area contributed by atoms with Crippen molar-refractivity contribution in [2.75, 3.05) is 7.11 Å². The van der Waals surface area contributed by atoms with E-state index in [1.54, 1.807) is 31.5 Å². The molecule has 156 valence electrons. The molecule has 0 unspecified atom stereocenters. The van der Waals surface area contributed by atoms with E-state index < -0.39 is 15.4 Å². The molecule has 1 aliphatic carbocycles. The predicted molar refractivity (Wildman–Crippen MR) is 115 cm³/mol. The zero-order chi connectivity index (χ0) is 21.6. The molecule has 0 atom stereocenters. The highest BCUT2D eigenvalue weighted by Crippen LogP contribution is 2.34. The van der Waals surface area contributed by atoms with Crippen LogP contribution in [-0.4, -0.2) is 30.3 Å². The van der Waals surface area contributed by atoms with Crippen molar-refractivity contribution in [2.24, 2.45) is 0 Å². The molecule has 0 amide bonds. The van der Waals surface area contributed by atoms with Crippen LogP contribution in [-0.2, 0) is 22.7 Å². The van der Waals surface area contributed by atoms with Gasteiger partial charge in [-0.2, -0.15) is 5.10 Å². The van der Waals surface area contributed by atoms with Crippen LogP contribution in [0.3, 0.4) is 0 Å². The summed E-state index contributed by atoms with van der Waals surface area (Å²) >= 11 is 0. The van der Waals surface area contributed by atoms with Gasteiger partial charge in [0.25, 0.3) is 5.56 Å². The van der Waals surface area contributed by atoms with Gasteiger partial charge in [0.15, 0.2) is 0 Å². The van der Waals surface area contributed by atoms with Crippen molar-refractivity contribution in [2.45, 2.75) is 22.6 Å². The largest absolute Gasteiger partial charge is 0.497 e. The number of nitrogens with one attached hydrogen (secondary N) is 1. The number of benzene rings is 2. The maximum atomic E-state index is 13.0. The first-order valence-corrected chi connectivity index (χ1v) is 11.3. The Kier molecular flexibility index (Phi) is 4.51. The Labute approximate surface area is 178 Å². The Bertz CT molecular complexity index is 1440. The fourth-order valence-electron chi connectivity index (χ4n) is 3.94. The fraction of sp³-hybridized carbons (Fsp3) is 0.130. The Morgan fingerprint density at radius 2 is 1.77 bits per heavy atom. The van der Waals surface area contributed by atoms with Crippen LogP contribution in [0.25, 0.3) is 16.9 Å². The van der Waals surface area contributed by atoms with E-state index in [0.29, 0.717) is 18.5 Å². The molecule has 1 N–H and O–H groups in total. The molecule has 4 aromatic rings. The first-order valence-electron chi connectivity index (χ1n) is 9.77. The highest BCUT2D eigenvalue weighted by molar-refractivity contribution is 7.91. The predicted octanol–water partition coefficient (Wildman–Crippen LogP) is 3.17. The smallest absolute Gasteiger partial charge is 0.267 e. The lowest BCUT2D eigenvalue weighted by Gasteiger charge is -2.18. The lowest BCUT2D eigenvalue weighted by atomic mass is 9.94. The van der Waals surface area contributed by atoms with Gasteiger partial charge in [-0.05, 0) is 60.9 Å². The van der Waals surface area contributed by atoms with Crippen molar-refractivity contribution < 1.29 is 13.2 Å². The summed E-state index contributed by atoms with van der Waals surface area (Å²) in [5.74, 6) is 0.756. The average Bonchev–Trinajstić information content (AvgIpc) is 3.24. The lowest BCUT2D eigenvalue weighted by Crippen LogP contribution is -2.21. The van der Waals surface area contributed by atoms with Crippen molar-refractivity contribution in [3.8, 4) is 22.7 Å². The number of fused-ring (bicyclic) bond motifs is 3. The van der Waals surface area contributed by atoms with Crippen molar-refractivity contribution in [1.29, 1.82) is 0 Å². The fourth-order valence-corrected chi connectivity index (χ4v) is 5.30. The van der Waals surface area contributed by atoms with Crippen molar-refractivity contribution in [3.05, 3.63) is 88.5 Å². The van der Waals surface area contributed by atoms with Gasteiger partial charge in [-0.25, -0.2) is 13.1 Å². The van der Waals surface area contributed by atoms with Gasteiger partial charge < -0.3 is 9.72 Å². The maximum Gasteiger partial charge on any atom is 0.267 e. The van der Waals surface area contributed by atoms with Gasteiger partial charge in [0, 0.05) is 5.56 Å². The number of pyridine rings is 1. The molecule has 8 heteroatoms. The molecule has 0 saturated carbocycles. The maximum absolute atomic E-state index is 13.0. The zero-order valence-electron chi connectivity index (χ0n) is 16.7. The molecule has 0 radical (unpaired) electrons. The summed E-state index contributed by atoms with van der Waals surface area (Å²) in [5.41, 5.74) is 3.43. The number of hydrogen-bond donors (Lipinski definition) is 1. The molecule has 1 aliphatic rings. The van der Waals surface area contributed by atoms with Crippen LogP contribution in [0.5, 0.6) is 5.75 Å². The number of hydrogen-bond acceptors (Lipinski definition) is 5. The van der Waals surface area contributed by atoms with E-state index in [1.807, 2.05) is 28.9 Å². The first kappa shape index (κ1) is 19.3. The van der Waals surface area contributed by atoms with Crippen LogP contribution in [0.2, 0.25) is 0 Å². The summed E-state index contributed by atoms with van der Waals surface area (Å²) in [7, 11) is -2.29. The van der Waals surface area contributed by atoms with Gasteiger partial charge in [0.05, 0.1) is 35.3 Å². The molecule has 0 saturated heterocycles. The number of aromatic nitrogens is 3.